The third-order valence-electron chi connectivity index (χ3n) is 4.31. The number of hydrogen-bond acceptors (Lipinski definition) is 6. The van der Waals surface area contributed by atoms with Crippen LogP contribution in [0, 0.1) is 5.82 Å². The van der Waals surface area contributed by atoms with Crippen molar-refractivity contribution < 1.29 is 9.18 Å². The van der Waals surface area contributed by atoms with Gasteiger partial charge in [-0.15, -0.1) is 5.10 Å². The van der Waals surface area contributed by atoms with Gasteiger partial charge in [0.25, 0.3) is 0 Å². The summed E-state index contributed by atoms with van der Waals surface area (Å²) in [5, 5.41) is 15.3. The summed E-state index contributed by atoms with van der Waals surface area (Å²) in [7, 11) is 1.85. The highest BCUT2D eigenvalue weighted by Gasteiger charge is 2.28. The number of imidazole rings is 1. The highest BCUT2D eigenvalue weighted by Crippen LogP contribution is 2.36. The van der Waals surface area contributed by atoms with Crippen molar-refractivity contribution in [3.8, 4) is 0 Å². The van der Waals surface area contributed by atoms with Gasteiger partial charge < -0.3 is 9.88 Å². The molecule has 0 spiro atoms. The van der Waals surface area contributed by atoms with Gasteiger partial charge in [0.2, 0.25) is 11.1 Å². The second-order valence-corrected chi connectivity index (χ2v) is 7.32. The number of nitrogens with zero attached hydrogens (tertiary/aromatic N) is 6. The topological polar surface area (TPSA) is 90.5 Å². The number of carbonyl (C=O) groups excluding carboxylic acids is 1. The predicted molar refractivity (Wildman–Crippen MR) is 96.4 cm³/mol. The summed E-state index contributed by atoms with van der Waals surface area (Å²) in [4.78, 5) is 16.9. The summed E-state index contributed by atoms with van der Waals surface area (Å²) in [5.74, 6) is 0.339. The molecule has 0 aliphatic heterocycles. The molecular weight excluding hydrogens is 369 g/mol. The minimum atomic E-state index is -0.474. The van der Waals surface area contributed by atoms with Gasteiger partial charge in [-0.05, 0) is 41.0 Å². The van der Waals surface area contributed by atoms with Gasteiger partial charge in [0.1, 0.15) is 17.7 Å². The molecule has 1 N–H and O–H groups in total. The van der Waals surface area contributed by atoms with Crippen molar-refractivity contribution in [3.05, 3.63) is 53.9 Å². The Balaban J connectivity index is 1.47. The molecule has 1 saturated carbocycles. The van der Waals surface area contributed by atoms with Gasteiger partial charge >= 0.3 is 0 Å². The smallest absolute Gasteiger partial charge is 0.231 e. The van der Waals surface area contributed by atoms with Crippen molar-refractivity contribution in [2.75, 3.05) is 5.75 Å². The van der Waals surface area contributed by atoms with E-state index < -0.39 is 6.04 Å². The van der Waals surface area contributed by atoms with E-state index in [0.717, 1.165) is 18.4 Å². The Kier molecular flexibility index (Phi) is 4.88. The van der Waals surface area contributed by atoms with E-state index in [0.29, 0.717) is 17.0 Å². The molecule has 2 aromatic heterocycles. The molecule has 1 unspecified atom stereocenters. The summed E-state index contributed by atoms with van der Waals surface area (Å²) in [5.41, 5.74) is 0.756. The molecule has 0 bridgehead atoms. The first-order valence-corrected chi connectivity index (χ1v) is 9.53. The fourth-order valence-corrected chi connectivity index (χ4v) is 3.52. The summed E-state index contributed by atoms with van der Waals surface area (Å²) in [6.07, 6.45) is 5.60. The fraction of sp³-hybridized carbons (Fsp3) is 0.353. The normalized spacial score (nSPS) is 14.9. The van der Waals surface area contributed by atoms with E-state index in [2.05, 4.69) is 25.8 Å². The zero-order chi connectivity index (χ0) is 18.8. The maximum absolute atomic E-state index is 13.3. The Morgan fingerprint density at radius 2 is 2.15 bits per heavy atom. The largest absolute Gasteiger partial charge is 0.341 e. The predicted octanol–water partition coefficient (Wildman–Crippen LogP) is 1.88. The van der Waals surface area contributed by atoms with Gasteiger partial charge in [-0.2, -0.15) is 0 Å². The van der Waals surface area contributed by atoms with Crippen LogP contribution in [-0.4, -0.2) is 41.4 Å². The van der Waals surface area contributed by atoms with Gasteiger partial charge in [0, 0.05) is 19.4 Å². The maximum Gasteiger partial charge on any atom is 0.231 e. The third-order valence-corrected chi connectivity index (χ3v) is 5.25. The lowest BCUT2D eigenvalue weighted by Crippen LogP contribution is -2.32. The molecule has 8 nitrogen and oxygen atoms in total. The van der Waals surface area contributed by atoms with Crippen molar-refractivity contribution in [1.29, 1.82) is 0 Å². The summed E-state index contributed by atoms with van der Waals surface area (Å²) < 4.78 is 16.9. The Morgan fingerprint density at radius 3 is 2.81 bits per heavy atom. The molecule has 1 aliphatic rings. The minimum absolute atomic E-state index is 0.176. The lowest BCUT2D eigenvalue weighted by molar-refractivity contribution is -0.119. The number of hydrogen-bond donors (Lipinski definition) is 1. The van der Waals surface area contributed by atoms with Crippen LogP contribution in [0.2, 0.25) is 0 Å². The number of rotatable bonds is 7. The first kappa shape index (κ1) is 17.7. The zero-order valence-electron chi connectivity index (χ0n) is 14.6. The van der Waals surface area contributed by atoms with Gasteiger partial charge in [-0.3, -0.25) is 4.79 Å². The molecule has 4 rings (SSSR count). The van der Waals surface area contributed by atoms with Crippen LogP contribution in [0.3, 0.4) is 0 Å². The molecule has 27 heavy (non-hydrogen) atoms. The first-order valence-electron chi connectivity index (χ1n) is 8.54. The average molecular weight is 387 g/mol. The Morgan fingerprint density at radius 1 is 1.37 bits per heavy atom. The molecule has 2 heterocycles. The lowest BCUT2D eigenvalue weighted by Gasteiger charge is -2.19. The number of thioether (sulfide) groups is 1. The van der Waals surface area contributed by atoms with E-state index in [1.807, 2.05) is 11.6 Å². The van der Waals surface area contributed by atoms with Crippen molar-refractivity contribution in [1.82, 2.24) is 35.1 Å². The van der Waals surface area contributed by atoms with E-state index in [1.54, 1.807) is 29.2 Å². The van der Waals surface area contributed by atoms with Crippen LogP contribution in [0.5, 0.6) is 0 Å². The van der Waals surface area contributed by atoms with Crippen LogP contribution in [0.4, 0.5) is 4.39 Å². The molecule has 0 saturated heterocycles. The average Bonchev–Trinajstić information content (AvgIpc) is 3.24. The number of aromatic nitrogens is 6. The van der Waals surface area contributed by atoms with Gasteiger partial charge in [-0.25, -0.2) is 14.1 Å². The maximum atomic E-state index is 13.3. The Hall–Kier alpha value is -2.75. The standard InChI is InChI=1S/C17H18FN7OS/c1-24-9-8-19-16(24)15(11-2-4-12(18)5-3-11)20-14(26)10-27-17-21-22-23-25(17)13-6-7-13/h2-5,8-9,13,15H,6-7,10H2,1H3,(H,20,26). The number of carbonyl (C=O) groups is 1. The lowest BCUT2D eigenvalue weighted by atomic mass is 10.1. The van der Waals surface area contributed by atoms with E-state index in [4.69, 9.17) is 0 Å². The molecule has 1 aliphatic carbocycles. The fourth-order valence-electron chi connectivity index (χ4n) is 2.77. The number of tetrazole rings is 1. The molecule has 1 aromatic carbocycles. The second-order valence-electron chi connectivity index (χ2n) is 6.37. The molecule has 1 fully saturated rings. The summed E-state index contributed by atoms with van der Waals surface area (Å²) in [6.45, 7) is 0. The number of halogens is 1. The molecule has 1 atom stereocenters. The first-order chi connectivity index (χ1) is 13.1. The third kappa shape index (κ3) is 4.00. The molecule has 10 heteroatoms. The van der Waals surface area contributed by atoms with Crippen LogP contribution in [-0.2, 0) is 11.8 Å². The van der Waals surface area contributed by atoms with E-state index in [9.17, 15) is 9.18 Å². The molecule has 3 aromatic rings. The SMILES string of the molecule is Cn1ccnc1C(NC(=O)CSc1nnnn1C1CC1)c1ccc(F)cc1. The van der Waals surface area contributed by atoms with Crippen molar-refractivity contribution in [3.63, 3.8) is 0 Å². The van der Waals surface area contributed by atoms with E-state index >= 15 is 0 Å². The van der Waals surface area contributed by atoms with Crippen LogP contribution in [0.25, 0.3) is 0 Å². The highest BCUT2D eigenvalue weighted by molar-refractivity contribution is 7.99. The number of amides is 1. The number of benzene rings is 1. The monoisotopic (exact) mass is 387 g/mol. The zero-order valence-corrected chi connectivity index (χ0v) is 15.4. The minimum Gasteiger partial charge on any atom is -0.341 e. The van der Waals surface area contributed by atoms with Crippen LogP contribution >= 0.6 is 11.8 Å². The van der Waals surface area contributed by atoms with Gasteiger partial charge in [0.05, 0.1) is 11.8 Å². The van der Waals surface area contributed by atoms with E-state index in [1.165, 1.54) is 23.9 Å². The number of nitrogens with one attached hydrogen (secondary N) is 1. The molecule has 1 amide bonds. The van der Waals surface area contributed by atoms with Gasteiger partial charge in [0.15, 0.2) is 0 Å². The summed E-state index contributed by atoms with van der Waals surface area (Å²) in [6, 6.07) is 5.92. The van der Waals surface area contributed by atoms with Crippen molar-refractivity contribution in [2.45, 2.75) is 30.1 Å². The molecule has 140 valence electrons. The Labute approximate surface area is 159 Å². The van der Waals surface area contributed by atoms with Crippen LogP contribution in [0.15, 0.2) is 41.8 Å². The molecule has 0 radical (unpaired) electrons. The highest BCUT2D eigenvalue weighted by atomic mass is 32.2. The molecular formula is C17H18FN7OS. The quantitative estimate of drug-likeness (QED) is 0.623. The Bertz CT molecular complexity index is 935. The van der Waals surface area contributed by atoms with Crippen molar-refractivity contribution in [2.24, 2.45) is 7.05 Å². The van der Waals surface area contributed by atoms with Crippen LogP contribution < -0.4 is 5.32 Å². The van der Waals surface area contributed by atoms with E-state index in [-0.39, 0.29) is 17.5 Å². The summed E-state index contributed by atoms with van der Waals surface area (Å²) >= 11 is 1.30. The van der Waals surface area contributed by atoms with Gasteiger partial charge in [-0.1, -0.05) is 23.9 Å². The van der Waals surface area contributed by atoms with Crippen molar-refractivity contribution >= 4 is 17.7 Å². The number of aryl methyl sites for hydroxylation is 1. The second kappa shape index (κ2) is 7.47. The van der Waals surface area contributed by atoms with Crippen LogP contribution in [0.1, 0.15) is 36.3 Å².